The van der Waals surface area contributed by atoms with Crippen molar-refractivity contribution < 1.29 is 4.79 Å². The second kappa shape index (κ2) is 3.92. The second-order valence-corrected chi connectivity index (χ2v) is 3.92. The van der Waals surface area contributed by atoms with E-state index < -0.39 is 0 Å². The number of hydrogen-bond acceptors (Lipinski definition) is 3. The van der Waals surface area contributed by atoms with Crippen LogP contribution in [0.3, 0.4) is 0 Å². The van der Waals surface area contributed by atoms with Crippen molar-refractivity contribution in [3.63, 3.8) is 0 Å². The number of para-hydroxylation sites is 1. The maximum atomic E-state index is 12.0. The number of amides is 1. The number of nitrogens with zero attached hydrogens (tertiary/aromatic N) is 1. The number of carbonyl (C=O) groups is 1. The zero-order chi connectivity index (χ0) is 12.5. The molecule has 0 aliphatic heterocycles. The highest BCUT2D eigenvalue weighted by Crippen LogP contribution is 2.21. The van der Waals surface area contributed by atoms with Crippen molar-refractivity contribution in [1.82, 2.24) is 15.2 Å². The molecule has 0 fully saturated rings. The van der Waals surface area contributed by atoms with Gasteiger partial charge in [0, 0.05) is 11.5 Å². The SMILES string of the molecule is Nc1cccc2cc(C(=O)Nc3ccn[nH]3)[nH]c12. The lowest BCUT2D eigenvalue weighted by Crippen LogP contribution is -2.12. The van der Waals surface area contributed by atoms with Crippen LogP contribution >= 0.6 is 0 Å². The zero-order valence-electron chi connectivity index (χ0n) is 9.40. The number of nitrogens with one attached hydrogen (secondary N) is 3. The van der Waals surface area contributed by atoms with Crippen LogP contribution in [0.25, 0.3) is 10.9 Å². The molecule has 0 aliphatic rings. The highest BCUT2D eigenvalue weighted by Gasteiger charge is 2.11. The van der Waals surface area contributed by atoms with E-state index in [2.05, 4.69) is 20.5 Å². The normalized spacial score (nSPS) is 10.7. The molecule has 18 heavy (non-hydrogen) atoms. The van der Waals surface area contributed by atoms with Crippen molar-refractivity contribution >= 4 is 28.3 Å². The summed E-state index contributed by atoms with van der Waals surface area (Å²) in [7, 11) is 0. The molecular weight excluding hydrogens is 230 g/mol. The van der Waals surface area contributed by atoms with Gasteiger partial charge in [0.2, 0.25) is 0 Å². The lowest BCUT2D eigenvalue weighted by molar-refractivity contribution is 0.102. The van der Waals surface area contributed by atoms with Crippen LogP contribution in [0, 0.1) is 0 Å². The van der Waals surface area contributed by atoms with Gasteiger partial charge in [0.05, 0.1) is 17.4 Å². The van der Waals surface area contributed by atoms with Crippen molar-refractivity contribution in [3.8, 4) is 0 Å². The van der Waals surface area contributed by atoms with Crippen LogP contribution < -0.4 is 11.1 Å². The lowest BCUT2D eigenvalue weighted by Gasteiger charge is -1.99. The van der Waals surface area contributed by atoms with Crippen molar-refractivity contribution in [2.24, 2.45) is 0 Å². The van der Waals surface area contributed by atoms with Gasteiger partial charge in [-0.3, -0.25) is 9.89 Å². The van der Waals surface area contributed by atoms with Gasteiger partial charge in [-0.15, -0.1) is 0 Å². The quantitative estimate of drug-likeness (QED) is 0.514. The van der Waals surface area contributed by atoms with Gasteiger partial charge in [-0.2, -0.15) is 5.10 Å². The Kier molecular flexibility index (Phi) is 2.26. The number of aromatic nitrogens is 3. The summed E-state index contributed by atoms with van der Waals surface area (Å²) < 4.78 is 0. The standard InChI is InChI=1S/C12H11N5O/c13-8-3-1-2-7-6-9(15-11(7)8)12(18)16-10-4-5-14-17-10/h1-6,15H,13H2,(H2,14,16,17,18). The first kappa shape index (κ1) is 10.4. The first-order chi connectivity index (χ1) is 8.74. The largest absolute Gasteiger partial charge is 0.397 e. The molecule has 1 amide bonds. The third-order valence-electron chi connectivity index (χ3n) is 2.68. The van der Waals surface area contributed by atoms with E-state index in [-0.39, 0.29) is 5.91 Å². The number of nitrogens with two attached hydrogens (primary N) is 1. The molecule has 6 heteroatoms. The zero-order valence-corrected chi connectivity index (χ0v) is 9.40. The molecule has 0 aliphatic carbocycles. The molecule has 1 aromatic carbocycles. The Morgan fingerprint density at radius 2 is 2.22 bits per heavy atom. The van der Waals surface area contributed by atoms with Crippen LogP contribution in [0.4, 0.5) is 11.5 Å². The number of carbonyl (C=O) groups excluding carboxylic acids is 1. The number of rotatable bonds is 2. The van der Waals surface area contributed by atoms with Crippen molar-refractivity contribution in [2.75, 3.05) is 11.1 Å². The number of benzene rings is 1. The highest BCUT2D eigenvalue weighted by atomic mass is 16.1. The molecule has 6 nitrogen and oxygen atoms in total. The molecule has 2 aromatic heterocycles. The molecule has 90 valence electrons. The van der Waals surface area contributed by atoms with Gasteiger partial charge in [0.15, 0.2) is 0 Å². The van der Waals surface area contributed by atoms with Crippen LogP contribution in [-0.2, 0) is 0 Å². The Morgan fingerprint density at radius 3 is 2.94 bits per heavy atom. The monoisotopic (exact) mass is 241 g/mol. The fourth-order valence-electron chi connectivity index (χ4n) is 1.82. The number of nitrogen functional groups attached to an aromatic ring is 1. The molecule has 0 saturated heterocycles. The predicted molar refractivity (Wildman–Crippen MR) is 69.3 cm³/mol. The number of aromatic amines is 2. The highest BCUT2D eigenvalue weighted by molar-refractivity contribution is 6.06. The Morgan fingerprint density at radius 1 is 1.33 bits per heavy atom. The summed E-state index contributed by atoms with van der Waals surface area (Å²) in [5.74, 6) is 0.307. The summed E-state index contributed by atoms with van der Waals surface area (Å²) in [5.41, 5.74) is 7.67. The molecular formula is C12H11N5O. The van der Waals surface area contributed by atoms with Crippen molar-refractivity contribution in [1.29, 1.82) is 0 Å². The first-order valence-corrected chi connectivity index (χ1v) is 5.42. The maximum absolute atomic E-state index is 12.0. The molecule has 3 rings (SSSR count). The number of anilines is 2. The summed E-state index contributed by atoms with van der Waals surface area (Å²) in [4.78, 5) is 15.0. The molecule has 0 unspecified atom stereocenters. The van der Waals surface area contributed by atoms with E-state index in [1.807, 2.05) is 12.1 Å². The Hall–Kier alpha value is -2.76. The minimum atomic E-state index is -0.241. The van der Waals surface area contributed by atoms with Gasteiger partial charge < -0.3 is 16.0 Å². The van der Waals surface area contributed by atoms with Crippen LogP contribution in [0.2, 0.25) is 0 Å². The summed E-state index contributed by atoms with van der Waals surface area (Å²) in [5, 5.41) is 10.0. The molecule has 0 spiro atoms. The van der Waals surface area contributed by atoms with Crippen LogP contribution in [0.1, 0.15) is 10.5 Å². The van der Waals surface area contributed by atoms with E-state index in [0.717, 1.165) is 10.9 Å². The van der Waals surface area contributed by atoms with Gasteiger partial charge in [-0.05, 0) is 12.1 Å². The number of hydrogen-bond donors (Lipinski definition) is 4. The third-order valence-corrected chi connectivity index (χ3v) is 2.68. The van der Waals surface area contributed by atoms with E-state index in [4.69, 9.17) is 5.73 Å². The van der Waals surface area contributed by atoms with E-state index >= 15 is 0 Å². The second-order valence-electron chi connectivity index (χ2n) is 3.92. The summed E-state index contributed by atoms with van der Waals surface area (Å²) in [6, 6.07) is 8.97. The van der Waals surface area contributed by atoms with Crippen LogP contribution in [0.5, 0.6) is 0 Å². The van der Waals surface area contributed by atoms with E-state index in [1.54, 1.807) is 24.4 Å². The van der Waals surface area contributed by atoms with Gasteiger partial charge in [0.1, 0.15) is 11.5 Å². The van der Waals surface area contributed by atoms with Crippen LogP contribution in [-0.4, -0.2) is 21.1 Å². The smallest absolute Gasteiger partial charge is 0.273 e. The van der Waals surface area contributed by atoms with Crippen molar-refractivity contribution in [3.05, 3.63) is 42.2 Å². The number of fused-ring (bicyclic) bond motifs is 1. The molecule has 0 radical (unpaired) electrons. The molecule has 2 heterocycles. The van der Waals surface area contributed by atoms with Gasteiger partial charge in [0.25, 0.3) is 5.91 Å². The van der Waals surface area contributed by atoms with E-state index in [9.17, 15) is 4.79 Å². The summed E-state index contributed by atoms with van der Waals surface area (Å²) in [6.45, 7) is 0. The van der Waals surface area contributed by atoms with E-state index in [0.29, 0.717) is 17.2 Å². The maximum Gasteiger partial charge on any atom is 0.273 e. The predicted octanol–water partition coefficient (Wildman–Crippen LogP) is 1.73. The Bertz CT molecular complexity index is 698. The molecule has 3 aromatic rings. The summed E-state index contributed by atoms with van der Waals surface area (Å²) in [6.07, 6.45) is 1.57. The minimum absolute atomic E-state index is 0.241. The van der Waals surface area contributed by atoms with Gasteiger partial charge >= 0.3 is 0 Å². The average molecular weight is 241 g/mol. The molecule has 0 atom stereocenters. The third kappa shape index (κ3) is 1.69. The lowest BCUT2D eigenvalue weighted by atomic mass is 10.2. The molecule has 5 N–H and O–H groups in total. The molecule has 0 bridgehead atoms. The topological polar surface area (TPSA) is 99.6 Å². The molecule has 0 saturated carbocycles. The van der Waals surface area contributed by atoms with Gasteiger partial charge in [-0.1, -0.05) is 12.1 Å². The Balaban J connectivity index is 1.94. The van der Waals surface area contributed by atoms with Crippen LogP contribution in [0.15, 0.2) is 36.5 Å². The fourth-order valence-corrected chi connectivity index (χ4v) is 1.82. The summed E-state index contributed by atoms with van der Waals surface area (Å²) >= 11 is 0. The van der Waals surface area contributed by atoms with Gasteiger partial charge in [-0.25, -0.2) is 0 Å². The average Bonchev–Trinajstić information content (AvgIpc) is 2.97. The minimum Gasteiger partial charge on any atom is -0.397 e. The number of H-pyrrole nitrogens is 2. The van der Waals surface area contributed by atoms with Crippen molar-refractivity contribution in [2.45, 2.75) is 0 Å². The first-order valence-electron chi connectivity index (χ1n) is 5.42. The van der Waals surface area contributed by atoms with E-state index in [1.165, 1.54) is 0 Å². The Labute approximate surface area is 102 Å². The fraction of sp³-hybridized carbons (Fsp3) is 0.